The Morgan fingerprint density at radius 2 is 1.38 bits per heavy atom. The summed E-state index contributed by atoms with van der Waals surface area (Å²) >= 11 is 0. The molecule has 1 aliphatic heterocycles. The SMILES string of the molecule is CC(=CC(=O)O)P1(=O)N(c2ccccc2)CCN1c1ccccc1. The van der Waals surface area contributed by atoms with E-state index in [1.165, 1.54) is 0 Å². The van der Waals surface area contributed by atoms with Gasteiger partial charge in [0.05, 0.1) is 0 Å². The number of rotatable bonds is 4. The molecule has 2 aromatic rings. The number of para-hydroxylation sites is 2. The first kappa shape index (κ1) is 16.3. The van der Waals surface area contributed by atoms with Crippen LogP contribution in [-0.4, -0.2) is 24.2 Å². The molecule has 0 aliphatic carbocycles. The monoisotopic (exact) mass is 342 g/mol. The Hall–Kier alpha value is -2.52. The van der Waals surface area contributed by atoms with Gasteiger partial charge in [0.15, 0.2) is 0 Å². The largest absolute Gasteiger partial charge is 0.478 e. The zero-order chi connectivity index (χ0) is 17.2. The van der Waals surface area contributed by atoms with Crippen LogP contribution in [0.25, 0.3) is 0 Å². The summed E-state index contributed by atoms with van der Waals surface area (Å²) in [6, 6.07) is 19.0. The summed E-state index contributed by atoms with van der Waals surface area (Å²) in [5.74, 6) is -1.09. The Bertz CT molecular complexity index is 754. The number of hydrogen-bond acceptors (Lipinski definition) is 2. The maximum Gasteiger partial charge on any atom is 0.328 e. The smallest absolute Gasteiger partial charge is 0.328 e. The molecule has 1 heterocycles. The lowest BCUT2D eigenvalue weighted by Gasteiger charge is -2.33. The van der Waals surface area contributed by atoms with Crippen molar-refractivity contribution < 1.29 is 14.5 Å². The summed E-state index contributed by atoms with van der Waals surface area (Å²) in [5.41, 5.74) is 1.66. The van der Waals surface area contributed by atoms with Gasteiger partial charge in [0.25, 0.3) is 7.44 Å². The number of carboxylic acids is 1. The van der Waals surface area contributed by atoms with Crippen LogP contribution in [0, 0.1) is 0 Å². The molecule has 5 nitrogen and oxygen atoms in total. The van der Waals surface area contributed by atoms with Crippen LogP contribution in [0.5, 0.6) is 0 Å². The lowest BCUT2D eigenvalue weighted by atomic mass is 10.3. The van der Waals surface area contributed by atoms with E-state index in [0.717, 1.165) is 17.5 Å². The number of nitrogens with zero attached hydrogens (tertiary/aromatic N) is 2. The van der Waals surface area contributed by atoms with Crippen molar-refractivity contribution >= 4 is 24.8 Å². The average Bonchev–Trinajstić information content (AvgIpc) is 2.94. The Kier molecular flexibility index (Phi) is 4.45. The van der Waals surface area contributed by atoms with Crippen molar-refractivity contribution in [1.29, 1.82) is 0 Å². The van der Waals surface area contributed by atoms with Gasteiger partial charge in [-0.15, -0.1) is 0 Å². The number of benzene rings is 2. The number of anilines is 2. The lowest BCUT2D eigenvalue weighted by Crippen LogP contribution is -2.20. The molecule has 0 unspecified atom stereocenters. The second kappa shape index (κ2) is 6.54. The minimum Gasteiger partial charge on any atom is -0.478 e. The third-order valence-electron chi connectivity index (χ3n) is 4.08. The molecule has 1 N–H and O–H groups in total. The average molecular weight is 342 g/mol. The Balaban J connectivity index is 2.12. The second-order valence-corrected chi connectivity index (χ2v) is 8.34. The van der Waals surface area contributed by atoms with Gasteiger partial charge >= 0.3 is 5.97 Å². The number of carbonyl (C=O) groups is 1. The summed E-state index contributed by atoms with van der Waals surface area (Å²) in [4.78, 5) is 11.2. The van der Waals surface area contributed by atoms with E-state index in [4.69, 9.17) is 5.11 Å². The van der Waals surface area contributed by atoms with Gasteiger partial charge in [-0.05, 0) is 31.2 Å². The fourth-order valence-electron chi connectivity index (χ4n) is 3.01. The lowest BCUT2D eigenvalue weighted by molar-refractivity contribution is -0.131. The summed E-state index contributed by atoms with van der Waals surface area (Å²) in [5, 5.41) is 9.50. The van der Waals surface area contributed by atoms with Gasteiger partial charge in [0, 0.05) is 35.9 Å². The Labute approximate surface area is 141 Å². The molecule has 124 valence electrons. The molecule has 0 radical (unpaired) electrons. The first-order valence-electron chi connectivity index (χ1n) is 7.71. The third-order valence-corrected chi connectivity index (χ3v) is 7.30. The first-order valence-corrected chi connectivity index (χ1v) is 9.32. The molecule has 0 amide bonds. The topological polar surface area (TPSA) is 60.9 Å². The summed E-state index contributed by atoms with van der Waals surface area (Å²) in [6.07, 6.45) is 1.05. The second-order valence-electron chi connectivity index (χ2n) is 5.59. The number of hydrogen-bond donors (Lipinski definition) is 1. The minimum absolute atomic E-state index is 0.361. The Morgan fingerprint density at radius 1 is 0.958 bits per heavy atom. The van der Waals surface area contributed by atoms with E-state index in [0.29, 0.717) is 18.4 Å². The minimum atomic E-state index is -3.23. The van der Waals surface area contributed by atoms with E-state index in [1.54, 1.807) is 6.92 Å². The number of aliphatic carboxylic acids is 1. The molecule has 6 heteroatoms. The van der Waals surface area contributed by atoms with Crippen molar-refractivity contribution in [2.24, 2.45) is 0 Å². The summed E-state index contributed by atoms with van der Waals surface area (Å²) < 4.78 is 17.7. The zero-order valence-corrected chi connectivity index (χ0v) is 14.3. The quantitative estimate of drug-likeness (QED) is 0.667. The van der Waals surface area contributed by atoms with E-state index in [9.17, 15) is 9.36 Å². The molecule has 24 heavy (non-hydrogen) atoms. The molecule has 0 bridgehead atoms. The van der Waals surface area contributed by atoms with Crippen molar-refractivity contribution in [1.82, 2.24) is 0 Å². The summed E-state index contributed by atoms with van der Waals surface area (Å²) in [6.45, 7) is 2.77. The van der Waals surface area contributed by atoms with Crippen LogP contribution in [-0.2, 0) is 9.36 Å². The fourth-order valence-corrected chi connectivity index (χ4v) is 5.92. The summed E-state index contributed by atoms with van der Waals surface area (Å²) in [7, 11) is -3.23. The molecule has 0 spiro atoms. The normalized spacial score (nSPS) is 17.1. The zero-order valence-electron chi connectivity index (χ0n) is 13.4. The third kappa shape index (κ3) is 2.83. The highest BCUT2D eigenvalue weighted by atomic mass is 31.2. The van der Waals surface area contributed by atoms with E-state index in [1.807, 2.05) is 70.0 Å². The molecular formula is C18H19N2O3P. The standard InChI is InChI=1S/C18H19N2O3P/c1-15(14-18(21)22)24(23)19(16-8-4-2-5-9-16)12-13-20(24)17-10-6-3-7-11-17/h2-11,14H,12-13H2,1H3,(H,21,22). The van der Waals surface area contributed by atoms with Crippen molar-refractivity contribution in [2.45, 2.75) is 6.92 Å². The molecule has 3 rings (SSSR count). The molecule has 0 saturated carbocycles. The van der Waals surface area contributed by atoms with Gasteiger partial charge in [0.1, 0.15) is 0 Å². The molecular weight excluding hydrogens is 323 g/mol. The molecule has 2 aromatic carbocycles. The predicted octanol–water partition coefficient (Wildman–Crippen LogP) is 4.19. The van der Waals surface area contributed by atoms with Crippen LogP contribution in [0.3, 0.4) is 0 Å². The number of allylic oxidation sites excluding steroid dienone is 1. The van der Waals surface area contributed by atoms with E-state index >= 15 is 0 Å². The molecule has 1 saturated heterocycles. The first-order chi connectivity index (χ1) is 11.5. The Morgan fingerprint density at radius 3 is 1.75 bits per heavy atom. The molecule has 0 aromatic heterocycles. The van der Waals surface area contributed by atoms with Crippen molar-refractivity contribution in [2.75, 3.05) is 22.4 Å². The highest BCUT2D eigenvalue weighted by Gasteiger charge is 2.44. The van der Waals surface area contributed by atoms with E-state index < -0.39 is 13.4 Å². The van der Waals surface area contributed by atoms with Crippen LogP contribution in [0.15, 0.2) is 72.1 Å². The molecule has 1 fully saturated rings. The highest BCUT2D eigenvalue weighted by molar-refractivity contribution is 7.71. The van der Waals surface area contributed by atoms with Gasteiger partial charge in [-0.2, -0.15) is 0 Å². The van der Waals surface area contributed by atoms with Crippen molar-refractivity contribution in [3.63, 3.8) is 0 Å². The molecule has 1 aliphatic rings. The predicted molar refractivity (Wildman–Crippen MR) is 96.6 cm³/mol. The van der Waals surface area contributed by atoms with Crippen LogP contribution in [0.2, 0.25) is 0 Å². The van der Waals surface area contributed by atoms with Gasteiger partial charge in [-0.3, -0.25) is 4.57 Å². The van der Waals surface area contributed by atoms with Crippen LogP contribution in [0.1, 0.15) is 6.92 Å². The fraction of sp³-hybridized carbons (Fsp3) is 0.167. The molecule has 0 atom stereocenters. The highest BCUT2D eigenvalue weighted by Crippen LogP contribution is 2.65. The van der Waals surface area contributed by atoms with Gasteiger partial charge in [0.2, 0.25) is 0 Å². The van der Waals surface area contributed by atoms with Crippen molar-refractivity contribution in [3.05, 3.63) is 72.1 Å². The van der Waals surface area contributed by atoms with Crippen molar-refractivity contribution in [3.8, 4) is 0 Å². The maximum atomic E-state index is 14.0. The van der Waals surface area contributed by atoms with Crippen LogP contribution >= 0.6 is 7.44 Å². The van der Waals surface area contributed by atoms with E-state index in [-0.39, 0.29) is 0 Å². The van der Waals surface area contributed by atoms with Gasteiger partial charge < -0.3 is 14.4 Å². The maximum absolute atomic E-state index is 14.0. The van der Waals surface area contributed by atoms with Crippen LogP contribution in [0.4, 0.5) is 11.4 Å². The van der Waals surface area contributed by atoms with Gasteiger partial charge in [-0.1, -0.05) is 36.4 Å². The van der Waals surface area contributed by atoms with Gasteiger partial charge in [-0.25, -0.2) is 4.79 Å². The van der Waals surface area contributed by atoms with Crippen LogP contribution < -0.4 is 9.34 Å². The number of carboxylic acid groups (broad SMARTS) is 1. The van der Waals surface area contributed by atoms with E-state index in [2.05, 4.69) is 0 Å².